The summed E-state index contributed by atoms with van der Waals surface area (Å²) in [5, 5.41) is 9.10. The van der Waals surface area contributed by atoms with Crippen molar-refractivity contribution >= 4 is 29.1 Å². The van der Waals surface area contributed by atoms with Crippen LogP contribution in [0.4, 0.5) is 0 Å². The summed E-state index contributed by atoms with van der Waals surface area (Å²) in [7, 11) is 0. The van der Waals surface area contributed by atoms with E-state index in [2.05, 4.69) is 4.98 Å². The van der Waals surface area contributed by atoms with Crippen LogP contribution in [-0.4, -0.2) is 28.4 Å². The van der Waals surface area contributed by atoms with E-state index < -0.39 is 5.91 Å². The Hall–Kier alpha value is -1.31. The van der Waals surface area contributed by atoms with Crippen LogP contribution in [0.5, 0.6) is 0 Å². The van der Waals surface area contributed by atoms with Crippen molar-refractivity contribution in [3.8, 4) is 6.07 Å². The zero-order valence-electron chi connectivity index (χ0n) is 9.44. The highest BCUT2D eigenvalue weighted by atomic mass is 35.5. The largest absolute Gasteiger partial charge is 0.322 e. The van der Waals surface area contributed by atoms with Crippen molar-refractivity contribution in [2.75, 3.05) is 6.54 Å². The van der Waals surface area contributed by atoms with Gasteiger partial charge in [-0.15, -0.1) is 0 Å². The fourth-order valence-electron chi connectivity index (χ4n) is 1.27. The van der Waals surface area contributed by atoms with E-state index in [0.717, 1.165) is 0 Å². The van der Waals surface area contributed by atoms with Gasteiger partial charge in [0.1, 0.15) is 17.4 Å². The Kier molecular flexibility index (Phi) is 4.73. The minimum absolute atomic E-state index is 0.0129. The van der Waals surface area contributed by atoms with Gasteiger partial charge >= 0.3 is 0 Å². The van der Waals surface area contributed by atoms with Crippen LogP contribution in [0.15, 0.2) is 12.1 Å². The molecule has 6 heteroatoms. The van der Waals surface area contributed by atoms with Crippen LogP contribution in [0.2, 0.25) is 10.2 Å². The molecule has 90 valence electrons. The van der Waals surface area contributed by atoms with Gasteiger partial charge in [0, 0.05) is 6.04 Å². The molecule has 1 amide bonds. The molecular formula is C11H11Cl2N3O. The molecule has 0 saturated heterocycles. The first-order valence-electron chi connectivity index (χ1n) is 4.97. The molecule has 0 N–H and O–H groups in total. The molecular weight excluding hydrogens is 261 g/mol. The molecule has 0 radical (unpaired) electrons. The number of amides is 1. The van der Waals surface area contributed by atoms with Crippen molar-refractivity contribution < 1.29 is 4.79 Å². The summed E-state index contributed by atoms with van der Waals surface area (Å²) in [5.74, 6) is -0.394. The number of hydrogen-bond donors (Lipinski definition) is 0. The van der Waals surface area contributed by atoms with Gasteiger partial charge < -0.3 is 4.90 Å². The lowest BCUT2D eigenvalue weighted by Gasteiger charge is -2.23. The van der Waals surface area contributed by atoms with E-state index >= 15 is 0 Å². The number of rotatable bonds is 3. The van der Waals surface area contributed by atoms with Crippen LogP contribution in [0.1, 0.15) is 24.3 Å². The molecule has 0 spiro atoms. The summed E-state index contributed by atoms with van der Waals surface area (Å²) in [6.45, 7) is 3.61. The molecule has 17 heavy (non-hydrogen) atoms. The second kappa shape index (κ2) is 5.85. The quantitative estimate of drug-likeness (QED) is 0.628. The van der Waals surface area contributed by atoms with Gasteiger partial charge in [0.15, 0.2) is 0 Å². The number of halogens is 2. The average Bonchev–Trinajstić information content (AvgIpc) is 2.28. The summed E-state index contributed by atoms with van der Waals surface area (Å²) in [6, 6.07) is 4.84. The van der Waals surface area contributed by atoms with Gasteiger partial charge in [-0.2, -0.15) is 5.26 Å². The number of nitriles is 1. The summed E-state index contributed by atoms with van der Waals surface area (Å²) < 4.78 is 0. The van der Waals surface area contributed by atoms with E-state index in [1.165, 1.54) is 17.0 Å². The highest BCUT2D eigenvalue weighted by molar-refractivity contribution is 6.34. The van der Waals surface area contributed by atoms with E-state index in [-0.39, 0.29) is 28.5 Å². The minimum atomic E-state index is -0.394. The Bertz CT molecular complexity index is 468. The Morgan fingerprint density at radius 1 is 1.53 bits per heavy atom. The molecule has 1 aromatic rings. The minimum Gasteiger partial charge on any atom is -0.322 e. The van der Waals surface area contributed by atoms with Gasteiger partial charge in [-0.1, -0.05) is 23.2 Å². The fourth-order valence-corrected chi connectivity index (χ4v) is 1.60. The molecule has 0 bridgehead atoms. The number of hydrogen-bond acceptors (Lipinski definition) is 3. The SMILES string of the molecule is CC(C)N(CC#N)C(=O)c1nc(Cl)ccc1Cl. The molecule has 0 aliphatic carbocycles. The lowest BCUT2D eigenvalue weighted by molar-refractivity contribution is 0.0725. The molecule has 1 aromatic heterocycles. The molecule has 0 fully saturated rings. The maximum atomic E-state index is 12.1. The highest BCUT2D eigenvalue weighted by Gasteiger charge is 2.22. The van der Waals surface area contributed by atoms with E-state index in [9.17, 15) is 4.79 Å². The van der Waals surface area contributed by atoms with Crippen LogP contribution >= 0.6 is 23.2 Å². The van der Waals surface area contributed by atoms with Gasteiger partial charge in [0.2, 0.25) is 0 Å². The number of carbonyl (C=O) groups excluding carboxylic acids is 1. The topological polar surface area (TPSA) is 57.0 Å². The first kappa shape index (κ1) is 13.8. The van der Waals surface area contributed by atoms with E-state index in [0.29, 0.717) is 0 Å². The second-order valence-corrected chi connectivity index (χ2v) is 4.44. The first-order valence-corrected chi connectivity index (χ1v) is 5.73. The normalized spacial score (nSPS) is 10.1. The monoisotopic (exact) mass is 271 g/mol. The summed E-state index contributed by atoms with van der Waals surface area (Å²) in [5.41, 5.74) is 0.0723. The second-order valence-electron chi connectivity index (χ2n) is 3.65. The number of aromatic nitrogens is 1. The molecule has 1 rings (SSSR count). The number of nitrogens with zero attached hydrogens (tertiary/aromatic N) is 3. The average molecular weight is 272 g/mol. The lowest BCUT2D eigenvalue weighted by atomic mass is 10.2. The highest BCUT2D eigenvalue weighted by Crippen LogP contribution is 2.19. The predicted molar refractivity (Wildman–Crippen MR) is 66.0 cm³/mol. The third-order valence-electron chi connectivity index (χ3n) is 2.14. The van der Waals surface area contributed by atoms with E-state index in [4.69, 9.17) is 28.5 Å². The first-order chi connectivity index (χ1) is 7.97. The van der Waals surface area contributed by atoms with Gasteiger partial charge in [-0.3, -0.25) is 4.79 Å². The summed E-state index contributed by atoms with van der Waals surface area (Å²) in [6.07, 6.45) is 0. The third-order valence-corrected chi connectivity index (χ3v) is 2.66. The smallest absolute Gasteiger partial charge is 0.275 e. The summed E-state index contributed by atoms with van der Waals surface area (Å²) >= 11 is 11.6. The van der Waals surface area contributed by atoms with Gasteiger partial charge in [0.25, 0.3) is 5.91 Å². The van der Waals surface area contributed by atoms with Crippen molar-refractivity contribution in [3.63, 3.8) is 0 Å². The van der Waals surface area contributed by atoms with Crippen LogP contribution in [-0.2, 0) is 0 Å². The predicted octanol–water partition coefficient (Wildman–Crippen LogP) is 2.76. The zero-order valence-corrected chi connectivity index (χ0v) is 11.0. The molecule has 0 aliphatic rings. The molecule has 0 aromatic carbocycles. The standard InChI is InChI=1S/C11H11Cl2N3O/c1-7(2)16(6-5-14)11(17)10-8(12)3-4-9(13)15-10/h3-4,7H,6H2,1-2H3. The lowest BCUT2D eigenvalue weighted by Crippen LogP contribution is -2.37. The third kappa shape index (κ3) is 3.32. The van der Waals surface area contributed by atoms with Crippen LogP contribution in [0.25, 0.3) is 0 Å². The van der Waals surface area contributed by atoms with Crippen molar-refractivity contribution in [1.82, 2.24) is 9.88 Å². The van der Waals surface area contributed by atoms with Crippen molar-refractivity contribution in [2.24, 2.45) is 0 Å². The molecule has 0 atom stereocenters. The van der Waals surface area contributed by atoms with E-state index in [1.54, 1.807) is 0 Å². The van der Waals surface area contributed by atoms with Crippen LogP contribution in [0, 0.1) is 11.3 Å². The Morgan fingerprint density at radius 2 is 2.18 bits per heavy atom. The Morgan fingerprint density at radius 3 is 2.71 bits per heavy atom. The summed E-state index contributed by atoms with van der Waals surface area (Å²) in [4.78, 5) is 17.4. The number of carbonyl (C=O) groups is 1. The van der Waals surface area contributed by atoms with Gasteiger partial charge in [-0.25, -0.2) is 4.98 Å². The van der Waals surface area contributed by atoms with Gasteiger partial charge in [0.05, 0.1) is 11.1 Å². The van der Waals surface area contributed by atoms with Crippen molar-refractivity contribution in [1.29, 1.82) is 5.26 Å². The molecule has 0 saturated carbocycles. The number of pyridine rings is 1. The Balaban J connectivity index is 3.10. The maximum absolute atomic E-state index is 12.1. The molecule has 4 nitrogen and oxygen atoms in total. The molecule has 0 unspecified atom stereocenters. The van der Waals surface area contributed by atoms with Crippen molar-refractivity contribution in [2.45, 2.75) is 19.9 Å². The van der Waals surface area contributed by atoms with Crippen molar-refractivity contribution in [3.05, 3.63) is 28.0 Å². The molecule has 0 aliphatic heterocycles. The maximum Gasteiger partial charge on any atom is 0.275 e. The van der Waals surface area contributed by atoms with Crippen LogP contribution in [0.3, 0.4) is 0 Å². The Labute approximate surface area is 110 Å². The van der Waals surface area contributed by atoms with E-state index in [1.807, 2.05) is 19.9 Å². The molecule has 1 heterocycles. The van der Waals surface area contributed by atoms with Crippen LogP contribution < -0.4 is 0 Å². The zero-order chi connectivity index (χ0) is 13.0. The fraction of sp³-hybridized carbons (Fsp3) is 0.364. The van der Waals surface area contributed by atoms with Gasteiger partial charge in [-0.05, 0) is 26.0 Å².